The smallest absolute Gasteiger partial charge is 0.119 e. The van der Waals surface area contributed by atoms with Crippen LogP contribution in [0.3, 0.4) is 0 Å². The van der Waals surface area contributed by atoms with Gasteiger partial charge in [-0.2, -0.15) is 0 Å². The molecule has 40 heavy (non-hydrogen) atoms. The molecule has 0 atom stereocenters. The fourth-order valence-corrected chi connectivity index (χ4v) is 4.23. The molecule has 0 fully saturated rings. The van der Waals surface area contributed by atoms with E-state index in [1.54, 1.807) is 18.9 Å². The minimum absolute atomic E-state index is 0.809. The highest BCUT2D eigenvalue weighted by Gasteiger charge is 1.91. The molecule has 4 rings (SSSR count). The van der Waals surface area contributed by atoms with Crippen molar-refractivity contribution in [3.8, 4) is 11.5 Å². The van der Waals surface area contributed by atoms with Crippen molar-refractivity contribution < 1.29 is 9.47 Å². The van der Waals surface area contributed by atoms with Crippen LogP contribution < -0.4 is 9.47 Å². The molecule has 0 aromatic heterocycles. The van der Waals surface area contributed by atoms with Crippen molar-refractivity contribution >= 4 is 23.5 Å². The molecule has 0 radical (unpaired) electrons. The lowest BCUT2D eigenvalue weighted by atomic mass is 10.2. The molecule has 0 saturated heterocycles. The van der Waals surface area contributed by atoms with Crippen molar-refractivity contribution in [2.45, 2.75) is 64.2 Å². The van der Waals surface area contributed by atoms with Gasteiger partial charge < -0.3 is 9.47 Å². The summed E-state index contributed by atoms with van der Waals surface area (Å²) >= 11 is 3.71. The van der Waals surface area contributed by atoms with Crippen molar-refractivity contribution in [1.29, 1.82) is 0 Å². The Morgan fingerprint density at radius 1 is 0.525 bits per heavy atom. The Kier molecular flexibility index (Phi) is 19.3. The van der Waals surface area contributed by atoms with E-state index in [4.69, 9.17) is 9.47 Å². The first-order valence-corrected chi connectivity index (χ1v) is 16.1. The Labute approximate surface area is 252 Å². The van der Waals surface area contributed by atoms with Gasteiger partial charge in [0.15, 0.2) is 0 Å². The molecule has 4 aromatic carbocycles. The summed E-state index contributed by atoms with van der Waals surface area (Å²) in [5.41, 5.74) is 5.20. The average molecular weight is 577 g/mol. The molecule has 0 heterocycles. The van der Waals surface area contributed by atoms with E-state index in [1.165, 1.54) is 44.2 Å². The zero-order chi connectivity index (χ0) is 29.6. The zero-order valence-electron chi connectivity index (χ0n) is 25.7. The van der Waals surface area contributed by atoms with E-state index in [1.807, 2.05) is 48.2 Å². The maximum absolute atomic E-state index is 5.41. The summed E-state index contributed by atoms with van der Waals surface area (Å²) in [6, 6.07) is 33.3. The van der Waals surface area contributed by atoms with Gasteiger partial charge in [0, 0.05) is 9.79 Å². The van der Waals surface area contributed by atoms with E-state index in [2.05, 4.69) is 108 Å². The third kappa shape index (κ3) is 17.0. The number of benzene rings is 4. The van der Waals surface area contributed by atoms with Gasteiger partial charge in [-0.1, -0.05) is 84.6 Å². The molecule has 0 saturated carbocycles. The highest BCUT2D eigenvalue weighted by Crippen LogP contribution is 2.18. The van der Waals surface area contributed by atoms with Crippen LogP contribution in [-0.4, -0.2) is 25.7 Å². The number of hydrogen-bond donors (Lipinski definition) is 0. The quantitative estimate of drug-likeness (QED) is 0.194. The van der Waals surface area contributed by atoms with Crippen LogP contribution in [0.1, 0.15) is 48.9 Å². The van der Waals surface area contributed by atoms with Crippen LogP contribution >= 0.6 is 23.5 Å². The van der Waals surface area contributed by atoms with E-state index in [9.17, 15) is 0 Å². The molecular weight excluding hydrogens is 529 g/mol. The van der Waals surface area contributed by atoms with Crippen molar-refractivity contribution in [3.05, 3.63) is 119 Å². The Hall–Kier alpha value is -2.82. The topological polar surface area (TPSA) is 18.5 Å². The summed E-state index contributed by atoms with van der Waals surface area (Å²) in [4.78, 5) is 2.72. The molecule has 0 aliphatic heterocycles. The van der Waals surface area contributed by atoms with Crippen LogP contribution in [0, 0.1) is 27.7 Å². The summed E-state index contributed by atoms with van der Waals surface area (Å²) in [5, 5.41) is 0. The van der Waals surface area contributed by atoms with Crippen molar-refractivity contribution in [2.75, 3.05) is 25.7 Å². The standard InChI is InChI=1S/C10H14O.C10H14S.C8H10O.C8H10S/c2*1-3-8-11-10-6-4-9(2)5-7-10;2*1-7-3-5-8(9-2)6-4-7/h2*4-7H,3,8H2,1-2H3;2*3-6H,1-2H3. The minimum Gasteiger partial charge on any atom is -0.497 e. The van der Waals surface area contributed by atoms with Crippen LogP contribution in [0.15, 0.2) is 107 Å². The molecule has 2 nitrogen and oxygen atoms in total. The minimum atomic E-state index is 0.809. The van der Waals surface area contributed by atoms with Gasteiger partial charge in [-0.25, -0.2) is 0 Å². The summed E-state index contributed by atoms with van der Waals surface area (Å²) < 4.78 is 10.4. The third-order valence-electron chi connectivity index (χ3n) is 5.50. The van der Waals surface area contributed by atoms with Crippen molar-refractivity contribution in [3.63, 3.8) is 0 Å². The highest BCUT2D eigenvalue weighted by molar-refractivity contribution is 7.99. The number of aryl methyl sites for hydroxylation is 4. The van der Waals surface area contributed by atoms with Crippen LogP contribution in [-0.2, 0) is 0 Å². The van der Waals surface area contributed by atoms with Crippen LogP contribution in [0.5, 0.6) is 11.5 Å². The molecule has 0 N–H and O–H groups in total. The lowest BCUT2D eigenvalue weighted by Crippen LogP contribution is -1.94. The fourth-order valence-electron chi connectivity index (χ4n) is 3.06. The Morgan fingerprint density at radius 2 is 0.925 bits per heavy atom. The van der Waals surface area contributed by atoms with Crippen LogP contribution in [0.4, 0.5) is 0 Å². The molecule has 0 bridgehead atoms. The summed E-state index contributed by atoms with van der Waals surface area (Å²) in [7, 11) is 1.67. The highest BCUT2D eigenvalue weighted by atomic mass is 32.2. The fraction of sp³-hybridized carbons (Fsp3) is 0.333. The lowest BCUT2D eigenvalue weighted by Gasteiger charge is -2.03. The molecule has 4 aromatic rings. The van der Waals surface area contributed by atoms with Gasteiger partial charge in [-0.05, 0) is 101 Å². The van der Waals surface area contributed by atoms with E-state index < -0.39 is 0 Å². The van der Waals surface area contributed by atoms with E-state index in [0.29, 0.717) is 0 Å². The SMILES string of the molecule is CCCOc1ccc(C)cc1.CCCSc1ccc(C)cc1.COc1ccc(C)cc1.CSc1ccc(C)cc1. The van der Waals surface area contributed by atoms with Gasteiger partial charge in [0.2, 0.25) is 0 Å². The molecular formula is C36H48O2S2. The second-order valence-corrected chi connectivity index (χ2v) is 11.4. The van der Waals surface area contributed by atoms with Crippen LogP contribution in [0.2, 0.25) is 0 Å². The largest absolute Gasteiger partial charge is 0.497 e. The van der Waals surface area contributed by atoms with Gasteiger partial charge in [-0.3, -0.25) is 0 Å². The normalized spacial score (nSPS) is 9.60. The average Bonchev–Trinajstić information content (AvgIpc) is 2.98. The summed E-state index contributed by atoms with van der Waals surface area (Å²) in [6.45, 7) is 13.5. The van der Waals surface area contributed by atoms with E-state index in [-0.39, 0.29) is 0 Å². The van der Waals surface area contributed by atoms with Gasteiger partial charge >= 0.3 is 0 Å². The molecule has 0 spiro atoms. The summed E-state index contributed by atoms with van der Waals surface area (Å²) in [6.07, 6.45) is 4.40. The maximum atomic E-state index is 5.41. The first-order chi connectivity index (χ1) is 19.3. The first kappa shape index (κ1) is 35.2. The predicted octanol–water partition coefficient (Wildman–Crippen LogP) is 11.0. The van der Waals surface area contributed by atoms with Gasteiger partial charge in [0.1, 0.15) is 11.5 Å². The lowest BCUT2D eigenvalue weighted by molar-refractivity contribution is 0.317. The Bertz CT molecular complexity index is 1040. The molecule has 216 valence electrons. The van der Waals surface area contributed by atoms with Gasteiger partial charge in [0.05, 0.1) is 13.7 Å². The number of hydrogen-bond acceptors (Lipinski definition) is 4. The Morgan fingerprint density at radius 3 is 1.30 bits per heavy atom. The van der Waals surface area contributed by atoms with Gasteiger partial charge in [-0.15, -0.1) is 23.5 Å². The number of rotatable bonds is 8. The maximum Gasteiger partial charge on any atom is 0.119 e. The third-order valence-corrected chi connectivity index (χ3v) is 7.46. The number of methoxy groups -OCH3 is 1. The molecule has 0 aliphatic carbocycles. The van der Waals surface area contributed by atoms with E-state index in [0.717, 1.165) is 24.5 Å². The number of ether oxygens (including phenoxy) is 2. The monoisotopic (exact) mass is 576 g/mol. The van der Waals surface area contributed by atoms with Crippen molar-refractivity contribution in [2.24, 2.45) is 0 Å². The first-order valence-electron chi connectivity index (χ1n) is 13.9. The number of thioether (sulfide) groups is 2. The zero-order valence-corrected chi connectivity index (χ0v) is 27.3. The summed E-state index contributed by atoms with van der Waals surface area (Å²) in [5.74, 6) is 3.11. The van der Waals surface area contributed by atoms with E-state index >= 15 is 0 Å². The Balaban J connectivity index is 0.000000268. The second kappa shape index (κ2) is 21.9. The molecule has 0 unspecified atom stereocenters. The molecule has 4 heteroatoms. The molecule has 0 amide bonds. The van der Waals surface area contributed by atoms with Crippen molar-refractivity contribution in [1.82, 2.24) is 0 Å². The van der Waals surface area contributed by atoms with Crippen LogP contribution in [0.25, 0.3) is 0 Å². The predicted molar refractivity (Wildman–Crippen MR) is 180 cm³/mol. The molecule has 0 aliphatic rings. The second-order valence-electron chi connectivity index (χ2n) is 9.36. The van der Waals surface area contributed by atoms with Gasteiger partial charge in [0.25, 0.3) is 0 Å².